The van der Waals surface area contributed by atoms with Crippen molar-refractivity contribution in [1.29, 1.82) is 0 Å². The molecule has 0 saturated heterocycles. The maximum Gasteiger partial charge on any atom is 0.234 e. The van der Waals surface area contributed by atoms with Gasteiger partial charge in [0.1, 0.15) is 0 Å². The minimum absolute atomic E-state index is 0.348. The Labute approximate surface area is 83.9 Å². The molecule has 2 radical (unpaired) electrons. The van der Waals surface area contributed by atoms with E-state index in [2.05, 4.69) is 0 Å². The lowest BCUT2D eigenvalue weighted by molar-refractivity contribution is 0.558. The second-order valence-corrected chi connectivity index (χ2v) is 3.45. The number of benzene rings is 1. The lowest BCUT2D eigenvalue weighted by atomic mass is 9.90. The molecule has 1 aromatic carbocycles. The van der Waals surface area contributed by atoms with Crippen molar-refractivity contribution in [2.24, 2.45) is 0 Å². The smallest absolute Gasteiger partial charge is 0.234 e. The first-order chi connectivity index (χ1) is 6.54. The monoisotopic (exact) mass is 188 g/mol. The van der Waals surface area contributed by atoms with Crippen LogP contribution in [0.3, 0.4) is 0 Å². The van der Waals surface area contributed by atoms with Gasteiger partial charge in [-0.05, 0) is 49.9 Å². The molecule has 0 atom stereocenters. The number of hydrogen-bond acceptors (Lipinski definition) is 2. The Bertz CT molecular complexity index is 365. The molecule has 0 aliphatic carbocycles. The fraction of sp³-hybridized carbons (Fsp3) is 0.333. The van der Waals surface area contributed by atoms with Crippen LogP contribution in [0, 0.1) is 27.7 Å². The number of hydrogen-bond donors (Lipinski definition) is 0. The van der Waals surface area contributed by atoms with Crippen molar-refractivity contribution < 1.29 is 9.59 Å². The van der Waals surface area contributed by atoms with E-state index < -0.39 is 0 Å². The summed E-state index contributed by atoms with van der Waals surface area (Å²) in [5.74, 6) is 0. The fourth-order valence-electron chi connectivity index (χ4n) is 1.57. The molecule has 0 aliphatic heterocycles. The summed E-state index contributed by atoms with van der Waals surface area (Å²) < 4.78 is 0. The highest BCUT2D eigenvalue weighted by Gasteiger charge is 2.14. The third-order valence-electron chi connectivity index (χ3n) is 2.89. The SMILES string of the molecule is Cc1c(C)c(C)c([C]=O)c([C]=O)c1C. The average molecular weight is 188 g/mol. The summed E-state index contributed by atoms with van der Waals surface area (Å²) in [6.45, 7) is 7.52. The summed E-state index contributed by atoms with van der Waals surface area (Å²) >= 11 is 0. The summed E-state index contributed by atoms with van der Waals surface area (Å²) in [5, 5.41) is 0. The van der Waals surface area contributed by atoms with Gasteiger partial charge in [0.25, 0.3) is 0 Å². The van der Waals surface area contributed by atoms with Gasteiger partial charge in [0.15, 0.2) is 0 Å². The van der Waals surface area contributed by atoms with Gasteiger partial charge in [0.2, 0.25) is 12.6 Å². The molecule has 0 fully saturated rings. The van der Waals surface area contributed by atoms with E-state index in [-0.39, 0.29) is 0 Å². The minimum atomic E-state index is 0.348. The molecule has 72 valence electrons. The van der Waals surface area contributed by atoms with Crippen LogP contribution in [-0.4, -0.2) is 12.6 Å². The maximum atomic E-state index is 10.7. The molecule has 0 aromatic heterocycles. The molecule has 0 heterocycles. The zero-order valence-electron chi connectivity index (χ0n) is 8.82. The van der Waals surface area contributed by atoms with Crippen LogP contribution in [0.25, 0.3) is 0 Å². The molecule has 0 unspecified atom stereocenters. The maximum absolute atomic E-state index is 10.7. The van der Waals surface area contributed by atoms with Crippen molar-refractivity contribution >= 4 is 12.6 Å². The van der Waals surface area contributed by atoms with Crippen LogP contribution < -0.4 is 0 Å². The molecule has 14 heavy (non-hydrogen) atoms. The van der Waals surface area contributed by atoms with Gasteiger partial charge in [-0.1, -0.05) is 0 Å². The van der Waals surface area contributed by atoms with Crippen LogP contribution in [0.2, 0.25) is 0 Å². The second kappa shape index (κ2) is 3.74. The van der Waals surface area contributed by atoms with Crippen molar-refractivity contribution in [3.8, 4) is 0 Å². The van der Waals surface area contributed by atoms with E-state index in [4.69, 9.17) is 0 Å². The first kappa shape index (κ1) is 10.6. The minimum Gasteiger partial charge on any atom is -0.285 e. The highest BCUT2D eigenvalue weighted by molar-refractivity contribution is 5.94. The van der Waals surface area contributed by atoms with Crippen LogP contribution in [-0.2, 0) is 9.59 Å². The van der Waals surface area contributed by atoms with E-state index >= 15 is 0 Å². The third kappa shape index (κ3) is 1.37. The topological polar surface area (TPSA) is 34.1 Å². The number of carbonyl (C=O) groups excluding carboxylic acids is 2. The first-order valence-corrected chi connectivity index (χ1v) is 4.41. The Balaban J connectivity index is 3.73. The second-order valence-electron chi connectivity index (χ2n) is 3.45. The molecule has 0 saturated carbocycles. The van der Waals surface area contributed by atoms with Crippen LogP contribution in [0.15, 0.2) is 0 Å². The standard InChI is InChI=1S/C12H12O2/c1-7-8(2)10(4)12(6-14)11(5-13)9(7)3/h1-4H3. The van der Waals surface area contributed by atoms with Gasteiger partial charge in [0, 0.05) is 11.1 Å². The summed E-state index contributed by atoms with van der Waals surface area (Å²) in [6.07, 6.45) is 3.62. The highest BCUT2D eigenvalue weighted by Crippen LogP contribution is 2.23. The summed E-state index contributed by atoms with van der Waals surface area (Å²) in [7, 11) is 0. The molecule has 0 aliphatic rings. The van der Waals surface area contributed by atoms with Crippen LogP contribution in [0.1, 0.15) is 33.4 Å². The summed E-state index contributed by atoms with van der Waals surface area (Å²) in [6, 6.07) is 0. The first-order valence-electron chi connectivity index (χ1n) is 4.41. The van der Waals surface area contributed by atoms with Gasteiger partial charge in [-0.2, -0.15) is 0 Å². The average Bonchev–Trinajstić information content (AvgIpc) is 2.20. The molecule has 0 amide bonds. The van der Waals surface area contributed by atoms with Crippen LogP contribution >= 0.6 is 0 Å². The van der Waals surface area contributed by atoms with Gasteiger partial charge in [-0.3, -0.25) is 9.59 Å². The van der Waals surface area contributed by atoms with Gasteiger partial charge in [0.05, 0.1) is 0 Å². The zero-order chi connectivity index (χ0) is 10.9. The van der Waals surface area contributed by atoms with E-state index in [1.807, 2.05) is 40.3 Å². The molecule has 0 spiro atoms. The van der Waals surface area contributed by atoms with Gasteiger partial charge in [-0.15, -0.1) is 0 Å². The van der Waals surface area contributed by atoms with E-state index in [0.717, 1.165) is 22.3 Å². The molecular formula is C12H12O2. The van der Waals surface area contributed by atoms with E-state index in [0.29, 0.717) is 11.1 Å². The predicted molar refractivity (Wildman–Crippen MR) is 55.0 cm³/mol. The number of rotatable bonds is 2. The Kier molecular flexibility index (Phi) is 2.84. The van der Waals surface area contributed by atoms with E-state index in [1.165, 1.54) is 0 Å². The predicted octanol–water partition coefficient (Wildman–Crippen LogP) is 1.84. The molecule has 1 aromatic rings. The molecule has 0 bridgehead atoms. The van der Waals surface area contributed by atoms with Crippen molar-refractivity contribution in [3.63, 3.8) is 0 Å². The Hall–Kier alpha value is -1.44. The molecular weight excluding hydrogens is 176 g/mol. The Morgan fingerprint density at radius 2 is 0.929 bits per heavy atom. The van der Waals surface area contributed by atoms with Crippen molar-refractivity contribution in [2.75, 3.05) is 0 Å². The summed E-state index contributed by atoms with van der Waals surface area (Å²) in [5.41, 5.74) is 4.42. The van der Waals surface area contributed by atoms with Crippen molar-refractivity contribution in [1.82, 2.24) is 0 Å². The Morgan fingerprint density at radius 3 is 1.14 bits per heavy atom. The van der Waals surface area contributed by atoms with Crippen molar-refractivity contribution in [3.05, 3.63) is 33.4 Å². The van der Waals surface area contributed by atoms with Gasteiger partial charge >= 0.3 is 0 Å². The van der Waals surface area contributed by atoms with E-state index in [9.17, 15) is 9.59 Å². The molecule has 1 rings (SSSR count). The van der Waals surface area contributed by atoms with Gasteiger partial charge in [-0.25, -0.2) is 0 Å². The fourth-order valence-corrected chi connectivity index (χ4v) is 1.57. The molecule has 2 heteroatoms. The molecule has 0 N–H and O–H groups in total. The lowest BCUT2D eigenvalue weighted by Crippen LogP contribution is -2.04. The zero-order valence-corrected chi connectivity index (χ0v) is 8.82. The summed E-state index contributed by atoms with van der Waals surface area (Å²) in [4.78, 5) is 21.4. The quantitative estimate of drug-likeness (QED) is 0.709. The van der Waals surface area contributed by atoms with Crippen molar-refractivity contribution in [2.45, 2.75) is 27.7 Å². The van der Waals surface area contributed by atoms with Crippen LogP contribution in [0.5, 0.6) is 0 Å². The molecule has 2 nitrogen and oxygen atoms in total. The normalized spacial score (nSPS) is 10.0. The van der Waals surface area contributed by atoms with Gasteiger partial charge < -0.3 is 0 Å². The van der Waals surface area contributed by atoms with E-state index in [1.54, 1.807) is 0 Å². The Morgan fingerprint density at radius 1 is 0.643 bits per heavy atom. The van der Waals surface area contributed by atoms with Crippen LogP contribution in [0.4, 0.5) is 0 Å². The third-order valence-corrected chi connectivity index (χ3v) is 2.89. The largest absolute Gasteiger partial charge is 0.285 e. The lowest BCUT2D eigenvalue weighted by Gasteiger charge is -2.13. The highest BCUT2D eigenvalue weighted by atomic mass is 16.1.